The molecule has 7 heteroatoms. The van der Waals surface area contributed by atoms with Crippen LogP contribution in [0.15, 0.2) is 36.5 Å². The summed E-state index contributed by atoms with van der Waals surface area (Å²) in [5, 5.41) is 20.3. The Kier molecular flexibility index (Phi) is 7.56. The lowest BCUT2D eigenvalue weighted by Crippen LogP contribution is -2.21. The van der Waals surface area contributed by atoms with E-state index in [-0.39, 0.29) is 5.91 Å². The molecule has 1 aromatic heterocycles. The fourth-order valence-corrected chi connectivity index (χ4v) is 5.21. The normalized spacial score (nSPS) is 18.9. The first kappa shape index (κ1) is 25.0. The molecule has 0 spiro atoms. The van der Waals surface area contributed by atoms with E-state index in [2.05, 4.69) is 23.1 Å². The van der Waals surface area contributed by atoms with Crippen LogP contribution in [0.25, 0.3) is 10.9 Å². The quantitative estimate of drug-likeness (QED) is 0.347. The molecule has 5 nitrogen and oxygen atoms in total. The maximum Gasteiger partial charge on any atom is 0.255 e. The smallest absolute Gasteiger partial charge is 0.255 e. The Labute approximate surface area is 211 Å². The maximum absolute atomic E-state index is 12.9. The van der Waals surface area contributed by atoms with Crippen molar-refractivity contribution >= 4 is 45.7 Å². The van der Waals surface area contributed by atoms with Gasteiger partial charge in [-0.1, -0.05) is 49.4 Å². The minimum Gasteiger partial charge on any atom is -0.386 e. The highest BCUT2D eigenvalue weighted by Gasteiger charge is 2.26. The molecular formula is C27H33Cl2N3O2. The van der Waals surface area contributed by atoms with Gasteiger partial charge in [0.1, 0.15) is 0 Å². The number of hydrogen-bond donors (Lipinski definition) is 2. The van der Waals surface area contributed by atoms with Crippen LogP contribution in [0, 0.1) is 5.92 Å². The number of fused-ring (bicyclic) bond motifs is 1. The molecule has 2 aromatic carbocycles. The molecule has 1 heterocycles. The topological polar surface area (TPSA) is 67.2 Å². The summed E-state index contributed by atoms with van der Waals surface area (Å²) < 4.78 is 2.08. The largest absolute Gasteiger partial charge is 0.386 e. The zero-order valence-electron chi connectivity index (χ0n) is 20.1. The van der Waals surface area contributed by atoms with Crippen molar-refractivity contribution in [2.75, 3.05) is 5.32 Å². The Balaban J connectivity index is 1.59. The van der Waals surface area contributed by atoms with Gasteiger partial charge in [-0.2, -0.15) is 5.10 Å². The highest BCUT2D eigenvalue weighted by Crippen LogP contribution is 2.37. The van der Waals surface area contributed by atoms with Crippen molar-refractivity contribution in [3.8, 4) is 0 Å². The summed E-state index contributed by atoms with van der Waals surface area (Å²) in [6.07, 6.45) is 10.8. The van der Waals surface area contributed by atoms with Gasteiger partial charge in [0.25, 0.3) is 5.91 Å². The van der Waals surface area contributed by atoms with Crippen LogP contribution in [0.1, 0.15) is 87.7 Å². The first-order valence-corrected chi connectivity index (χ1v) is 12.9. The van der Waals surface area contributed by atoms with Gasteiger partial charge in [0.2, 0.25) is 0 Å². The van der Waals surface area contributed by atoms with E-state index >= 15 is 0 Å². The zero-order valence-corrected chi connectivity index (χ0v) is 21.6. The molecule has 34 heavy (non-hydrogen) atoms. The van der Waals surface area contributed by atoms with Gasteiger partial charge in [0.15, 0.2) is 0 Å². The molecule has 0 aliphatic heterocycles. The Bertz CT molecular complexity index is 1170. The predicted octanol–water partition coefficient (Wildman–Crippen LogP) is 7.74. The average molecular weight is 502 g/mol. The Morgan fingerprint density at radius 3 is 2.53 bits per heavy atom. The Morgan fingerprint density at radius 2 is 1.88 bits per heavy atom. The number of halogens is 2. The molecule has 4 rings (SSSR count). The number of nitrogens with zero attached hydrogens (tertiary/aromatic N) is 2. The van der Waals surface area contributed by atoms with Crippen LogP contribution in [-0.2, 0) is 5.60 Å². The van der Waals surface area contributed by atoms with Gasteiger partial charge in [0, 0.05) is 28.4 Å². The van der Waals surface area contributed by atoms with Crippen LogP contribution >= 0.6 is 23.2 Å². The predicted molar refractivity (Wildman–Crippen MR) is 140 cm³/mol. The summed E-state index contributed by atoms with van der Waals surface area (Å²) in [5.74, 6) is 0.521. The van der Waals surface area contributed by atoms with Crippen molar-refractivity contribution in [1.29, 1.82) is 0 Å². The second-order valence-electron chi connectivity index (χ2n) is 10.0. The maximum atomic E-state index is 12.9. The van der Waals surface area contributed by atoms with Crippen molar-refractivity contribution in [3.05, 3.63) is 57.7 Å². The number of anilines is 1. The van der Waals surface area contributed by atoms with E-state index in [9.17, 15) is 9.90 Å². The molecule has 0 bridgehead atoms. The number of amides is 1. The zero-order chi connectivity index (χ0) is 24.5. The van der Waals surface area contributed by atoms with Gasteiger partial charge in [-0.15, -0.1) is 0 Å². The van der Waals surface area contributed by atoms with Gasteiger partial charge in [-0.25, -0.2) is 0 Å². The van der Waals surface area contributed by atoms with E-state index in [1.54, 1.807) is 26.0 Å². The van der Waals surface area contributed by atoms with E-state index in [1.807, 2.05) is 12.1 Å². The SMILES string of the molecule is CCCCC1CCC(n2cc3cc(NC(=O)c4ccc(Cl)c(Cl)c4)c(C(C)(C)O)cc3n2)CC1. The summed E-state index contributed by atoms with van der Waals surface area (Å²) in [7, 11) is 0. The first-order valence-electron chi connectivity index (χ1n) is 12.2. The van der Waals surface area contributed by atoms with E-state index in [0.29, 0.717) is 32.9 Å². The van der Waals surface area contributed by atoms with Crippen LogP contribution in [0.4, 0.5) is 5.69 Å². The number of nitrogens with one attached hydrogen (secondary N) is 1. The number of carbonyl (C=O) groups is 1. The van der Waals surface area contributed by atoms with Crippen LogP contribution in [0.2, 0.25) is 10.0 Å². The Hall–Kier alpha value is -2.08. The van der Waals surface area contributed by atoms with E-state index < -0.39 is 5.60 Å². The van der Waals surface area contributed by atoms with E-state index in [0.717, 1.165) is 29.7 Å². The summed E-state index contributed by atoms with van der Waals surface area (Å²) in [6.45, 7) is 5.67. The fraction of sp³-hybridized carbons (Fsp3) is 0.481. The van der Waals surface area contributed by atoms with Crippen molar-refractivity contribution in [2.24, 2.45) is 5.92 Å². The molecule has 1 fully saturated rings. The van der Waals surface area contributed by atoms with Crippen LogP contribution < -0.4 is 5.32 Å². The van der Waals surface area contributed by atoms with Crippen molar-refractivity contribution in [2.45, 2.75) is 77.4 Å². The number of aliphatic hydroxyl groups is 1. The lowest BCUT2D eigenvalue weighted by Gasteiger charge is -2.28. The highest BCUT2D eigenvalue weighted by molar-refractivity contribution is 6.42. The summed E-state index contributed by atoms with van der Waals surface area (Å²) in [5.41, 5.74) is 1.22. The number of carbonyl (C=O) groups excluding carboxylic acids is 1. The molecule has 1 amide bonds. The standard InChI is InChI=1S/C27H33Cl2N3O2/c1-4-5-6-17-7-10-20(11-8-17)32-16-19-14-25(21(27(2,3)34)15-24(19)31-32)30-26(33)18-9-12-22(28)23(29)13-18/h9,12-17,20,34H,4-8,10-11H2,1-3H3,(H,30,33). The van der Waals surface area contributed by atoms with Gasteiger partial charge >= 0.3 is 0 Å². The van der Waals surface area contributed by atoms with Crippen LogP contribution in [0.5, 0.6) is 0 Å². The molecule has 0 radical (unpaired) electrons. The minimum absolute atomic E-state index is 0.318. The third kappa shape index (κ3) is 5.59. The highest BCUT2D eigenvalue weighted by atomic mass is 35.5. The minimum atomic E-state index is -1.16. The average Bonchev–Trinajstić information content (AvgIpc) is 3.21. The first-order chi connectivity index (χ1) is 16.2. The summed E-state index contributed by atoms with van der Waals surface area (Å²) in [4.78, 5) is 12.9. The lowest BCUT2D eigenvalue weighted by atomic mass is 9.83. The molecule has 2 N–H and O–H groups in total. The molecule has 1 aliphatic carbocycles. The van der Waals surface area contributed by atoms with Gasteiger partial charge in [0.05, 0.1) is 27.2 Å². The number of aromatic nitrogens is 2. The third-order valence-electron chi connectivity index (χ3n) is 6.91. The molecule has 0 saturated heterocycles. The van der Waals surface area contributed by atoms with Crippen LogP contribution in [0.3, 0.4) is 0 Å². The van der Waals surface area contributed by atoms with E-state index in [4.69, 9.17) is 28.3 Å². The van der Waals surface area contributed by atoms with Gasteiger partial charge in [-0.3, -0.25) is 9.48 Å². The van der Waals surface area contributed by atoms with Crippen molar-refractivity contribution in [3.63, 3.8) is 0 Å². The summed E-state index contributed by atoms with van der Waals surface area (Å²) in [6, 6.07) is 8.93. The molecule has 3 aromatic rings. The molecule has 1 saturated carbocycles. The number of rotatable bonds is 7. The Morgan fingerprint density at radius 1 is 1.15 bits per heavy atom. The molecule has 0 unspecified atom stereocenters. The number of unbranched alkanes of at least 4 members (excludes halogenated alkanes) is 1. The number of benzene rings is 2. The molecule has 0 atom stereocenters. The van der Waals surface area contributed by atoms with Crippen LogP contribution in [-0.4, -0.2) is 20.8 Å². The monoisotopic (exact) mass is 501 g/mol. The lowest BCUT2D eigenvalue weighted by molar-refractivity contribution is 0.0794. The van der Waals surface area contributed by atoms with Gasteiger partial charge in [-0.05, 0) is 75.8 Å². The second-order valence-corrected chi connectivity index (χ2v) is 10.8. The molecule has 1 aliphatic rings. The number of hydrogen-bond acceptors (Lipinski definition) is 3. The van der Waals surface area contributed by atoms with E-state index in [1.165, 1.54) is 38.2 Å². The second kappa shape index (κ2) is 10.3. The van der Waals surface area contributed by atoms with Gasteiger partial charge < -0.3 is 10.4 Å². The third-order valence-corrected chi connectivity index (χ3v) is 7.65. The molecule has 182 valence electrons. The van der Waals surface area contributed by atoms with Crippen molar-refractivity contribution in [1.82, 2.24) is 9.78 Å². The fourth-order valence-electron chi connectivity index (χ4n) is 4.91. The van der Waals surface area contributed by atoms with Crippen molar-refractivity contribution < 1.29 is 9.90 Å². The molecular weight excluding hydrogens is 469 g/mol. The summed E-state index contributed by atoms with van der Waals surface area (Å²) >= 11 is 12.1.